The fraction of sp³-hybridized carbons (Fsp3) is 0.276. The third kappa shape index (κ3) is 4.96. The third-order valence-corrected chi connectivity index (χ3v) is 6.44. The monoisotopic (exact) mass is 481 g/mol. The van der Waals surface area contributed by atoms with Gasteiger partial charge in [-0.25, -0.2) is 4.98 Å². The Morgan fingerprint density at radius 1 is 0.944 bits per heavy atom. The SMILES string of the molecule is CCOc1ccc2ccccc2c1C(=O)N1CCN(c2cc(C)nc(Nc3ccc(C)cc3)n2)CC1. The van der Waals surface area contributed by atoms with E-state index in [1.165, 1.54) is 5.56 Å². The van der Waals surface area contributed by atoms with Crippen molar-refractivity contribution in [2.24, 2.45) is 0 Å². The van der Waals surface area contributed by atoms with Crippen molar-refractivity contribution in [1.29, 1.82) is 0 Å². The average molecular weight is 482 g/mol. The molecule has 1 N–H and O–H groups in total. The summed E-state index contributed by atoms with van der Waals surface area (Å²) >= 11 is 0. The molecule has 0 bridgehead atoms. The molecule has 1 aromatic heterocycles. The highest BCUT2D eigenvalue weighted by atomic mass is 16.5. The number of carbonyl (C=O) groups excluding carboxylic acids is 1. The lowest BCUT2D eigenvalue weighted by atomic mass is 10.0. The van der Waals surface area contributed by atoms with Crippen molar-refractivity contribution in [3.8, 4) is 5.75 Å². The van der Waals surface area contributed by atoms with E-state index >= 15 is 0 Å². The number of ether oxygens (including phenoxy) is 1. The Kier molecular flexibility index (Phi) is 6.71. The predicted molar refractivity (Wildman–Crippen MR) is 144 cm³/mol. The molecule has 4 aromatic rings. The number of fused-ring (bicyclic) bond motifs is 1. The number of nitrogens with one attached hydrogen (secondary N) is 1. The third-order valence-electron chi connectivity index (χ3n) is 6.44. The molecule has 3 aromatic carbocycles. The van der Waals surface area contributed by atoms with Gasteiger partial charge in [0, 0.05) is 43.6 Å². The second kappa shape index (κ2) is 10.2. The molecule has 2 heterocycles. The number of benzene rings is 3. The first-order valence-corrected chi connectivity index (χ1v) is 12.4. The molecular weight excluding hydrogens is 450 g/mol. The molecule has 7 heteroatoms. The number of rotatable bonds is 6. The first kappa shape index (κ1) is 23.6. The molecule has 5 rings (SSSR count). The van der Waals surface area contributed by atoms with Gasteiger partial charge in [-0.05, 0) is 49.7 Å². The summed E-state index contributed by atoms with van der Waals surface area (Å²) in [4.78, 5) is 27.1. The number of carbonyl (C=O) groups is 1. The fourth-order valence-electron chi connectivity index (χ4n) is 4.58. The first-order chi connectivity index (χ1) is 17.5. The smallest absolute Gasteiger partial charge is 0.258 e. The number of piperazine rings is 1. The van der Waals surface area contributed by atoms with Gasteiger partial charge in [-0.2, -0.15) is 4.98 Å². The maximum atomic E-state index is 13.7. The van der Waals surface area contributed by atoms with Crippen molar-refractivity contribution in [1.82, 2.24) is 14.9 Å². The van der Waals surface area contributed by atoms with Crippen LogP contribution in [0.4, 0.5) is 17.5 Å². The van der Waals surface area contributed by atoms with Crippen molar-refractivity contribution >= 4 is 34.1 Å². The van der Waals surface area contributed by atoms with Crippen LogP contribution < -0.4 is 15.0 Å². The number of anilines is 3. The number of hydrogen-bond acceptors (Lipinski definition) is 6. The zero-order valence-corrected chi connectivity index (χ0v) is 21.0. The van der Waals surface area contributed by atoms with Gasteiger partial charge in [0.1, 0.15) is 11.6 Å². The van der Waals surface area contributed by atoms with E-state index in [-0.39, 0.29) is 5.91 Å². The maximum absolute atomic E-state index is 13.7. The highest BCUT2D eigenvalue weighted by molar-refractivity contribution is 6.09. The summed E-state index contributed by atoms with van der Waals surface area (Å²) in [5.41, 5.74) is 3.69. The van der Waals surface area contributed by atoms with Crippen LogP contribution >= 0.6 is 0 Å². The Morgan fingerprint density at radius 2 is 1.69 bits per heavy atom. The maximum Gasteiger partial charge on any atom is 0.258 e. The molecule has 184 valence electrons. The Labute approximate surface area is 211 Å². The summed E-state index contributed by atoms with van der Waals surface area (Å²) in [5.74, 6) is 2.09. The Hall–Kier alpha value is -4.13. The number of hydrogen-bond donors (Lipinski definition) is 1. The molecular formula is C29H31N5O2. The predicted octanol–water partition coefficient (Wildman–Crippen LogP) is 5.35. The molecule has 1 fully saturated rings. The van der Waals surface area contributed by atoms with Gasteiger partial charge in [0.15, 0.2) is 0 Å². The van der Waals surface area contributed by atoms with Crippen LogP contribution in [-0.4, -0.2) is 53.6 Å². The van der Waals surface area contributed by atoms with Gasteiger partial charge in [-0.3, -0.25) is 4.79 Å². The summed E-state index contributed by atoms with van der Waals surface area (Å²) < 4.78 is 5.85. The zero-order chi connectivity index (χ0) is 25.1. The van der Waals surface area contributed by atoms with E-state index in [0.717, 1.165) is 28.0 Å². The van der Waals surface area contributed by atoms with E-state index < -0.39 is 0 Å². The summed E-state index contributed by atoms with van der Waals surface area (Å²) in [7, 11) is 0. The van der Waals surface area contributed by atoms with Crippen LogP contribution in [0.2, 0.25) is 0 Å². The molecule has 7 nitrogen and oxygen atoms in total. The van der Waals surface area contributed by atoms with Gasteiger partial charge in [0.25, 0.3) is 5.91 Å². The second-order valence-corrected chi connectivity index (χ2v) is 9.05. The molecule has 36 heavy (non-hydrogen) atoms. The molecule has 1 saturated heterocycles. The largest absolute Gasteiger partial charge is 0.493 e. The Balaban J connectivity index is 1.32. The van der Waals surface area contributed by atoms with Gasteiger partial charge in [0.05, 0.1) is 12.2 Å². The van der Waals surface area contributed by atoms with E-state index in [9.17, 15) is 4.79 Å². The van der Waals surface area contributed by atoms with Crippen LogP contribution in [-0.2, 0) is 0 Å². The molecule has 0 aliphatic carbocycles. The molecule has 0 atom stereocenters. The van der Waals surface area contributed by atoms with E-state index in [2.05, 4.69) is 34.3 Å². The van der Waals surface area contributed by atoms with Crippen LogP contribution in [0.1, 0.15) is 28.5 Å². The number of amides is 1. The lowest BCUT2D eigenvalue weighted by Gasteiger charge is -2.36. The van der Waals surface area contributed by atoms with Gasteiger partial charge in [-0.15, -0.1) is 0 Å². The minimum absolute atomic E-state index is 0.00972. The molecule has 1 aliphatic heterocycles. The van der Waals surface area contributed by atoms with Crippen LogP contribution in [0, 0.1) is 13.8 Å². The Bertz CT molecular complexity index is 1380. The van der Waals surface area contributed by atoms with Crippen molar-refractivity contribution in [2.75, 3.05) is 43.0 Å². The lowest BCUT2D eigenvalue weighted by molar-refractivity contribution is 0.0744. The minimum Gasteiger partial charge on any atom is -0.493 e. The van der Waals surface area contributed by atoms with Gasteiger partial charge in [-0.1, -0.05) is 48.0 Å². The normalized spacial score (nSPS) is 13.6. The number of aryl methyl sites for hydroxylation is 2. The average Bonchev–Trinajstić information content (AvgIpc) is 2.89. The molecule has 0 spiro atoms. The quantitative estimate of drug-likeness (QED) is 0.400. The van der Waals surface area contributed by atoms with E-state index in [1.54, 1.807) is 0 Å². The fourth-order valence-corrected chi connectivity index (χ4v) is 4.58. The summed E-state index contributed by atoms with van der Waals surface area (Å²) in [6.07, 6.45) is 0. The highest BCUT2D eigenvalue weighted by Crippen LogP contribution is 2.30. The van der Waals surface area contributed by atoms with E-state index in [4.69, 9.17) is 9.72 Å². The van der Waals surface area contributed by atoms with Crippen molar-refractivity contribution < 1.29 is 9.53 Å². The molecule has 1 aliphatic rings. The van der Waals surface area contributed by atoms with Gasteiger partial charge in [0.2, 0.25) is 5.95 Å². The highest BCUT2D eigenvalue weighted by Gasteiger charge is 2.27. The molecule has 0 unspecified atom stereocenters. The van der Waals surface area contributed by atoms with Crippen molar-refractivity contribution in [2.45, 2.75) is 20.8 Å². The van der Waals surface area contributed by atoms with E-state index in [0.29, 0.717) is 50.0 Å². The standard InChI is InChI=1S/C29H31N5O2/c1-4-36-25-14-11-22-7-5-6-8-24(22)27(25)28(35)34-17-15-33(16-18-34)26-19-21(3)30-29(32-26)31-23-12-9-20(2)10-13-23/h5-14,19H,4,15-18H2,1-3H3,(H,30,31,32). The molecule has 1 amide bonds. The van der Waals surface area contributed by atoms with Crippen LogP contribution in [0.5, 0.6) is 5.75 Å². The first-order valence-electron chi connectivity index (χ1n) is 12.4. The summed E-state index contributed by atoms with van der Waals surface area (Å²) in [6, 6.07) is 22.0. The van der Waals surface area contributed by atoms with Gasteiger partial charge < -0.3 is 19.9 Å². The second-order valence-electron chi connectivity index (χ2n) is 9.05. The van der Waals surface area contributed by atoms with Crippen LogP contribution in [0.25, 0.3) is 10.8 Å². The van der Waals surface area contributed by atoms with Gasteiger partial charge >= 0.3 is 0 Å². The molecule has 0 radical (unpaired) electrons. The van der Waals surface area contributed by atoms with Crippen molar-refractivity contribution in [3.05, 3.63) is 83.6 Å². The topological polar surface area (TPSA) is 70.6 Å². The minimum atomic E-state index is 0.00972. The molecule has 0 saturated carbocycles. The van der Waals surface area contributed by atoms with Crippen LogP contribution in [0.15, 0.2) is 66.7 Å². The zero-order valence-electron chi connectivity index (χ0n) is 21.0. The lowest BCUT2D eigenvalue weighted by Crippen LogP contribution is -2.49. The van der Waals surface area contributed by atoms with E-state index in [1.807, 2.05) is 73.3 Å². The number of aromatic nitrogens is 2. The van der Waals surface area contributed by atoms with Crippen molar-refractivity contribution in [3.63, 3.8) is 0 Å². The summed E-state index contributed by atoms with van der Waals surface area (Å²) in [6.45, 7) is 9.09. The summed E-state index contributed by atoms with van der Waals surface area (Å²) in [5, 5.41) is 5.27. The Morgan fingerprint density at radius 3 is 2.44 bits per heavy atom. The number of nitrogens with zero attached hydrogens (tertiary/aromatic N) is 4. The van der Waals surface area contributed by atoms with Crippen LogP contribution in [0.3, 0.4) is 0 Å².